The van der Waals surface area contributed by atoms with Gasteiger partial charge in [0.25, 0.3) is 5.56 Å². The fourth-order valence-electron chi connectivity index (χ4n) is 5.79. The van der Waals surface area contributed by atoms with E-state index in [0.29, 0.717) is 61.8 Å². The van der Waals surface area contributed by atoms with E-state index in [4.69, 9.17) is 42.4 Å². The van der Waals surface area contributed by atoms with Gasteiger partial charge in [0.05, 0.1) is 35.1 Å². The molecular weight excluding hydrogens is 691 g/mol. The molecule has 0 radical (unpaired) electrons. The molecule has 1 aliphatic heterocycles. The zero-order chi connectivity index (χ0) is 35.2. The van der Waals surface area contributed by atoms with Crippen molar-refractivity contribution in [3.63, 3.8) is 0 Å². The molecule has 1 aromatic heterocycles. The molecule has 6 rings (SSSR count). The number of carbonyl (C=O) groups is 1. The van der Waals surface area contributed by atoms with E-state index in [0.717, 1.165) is 22.3 Å². The fraction of sp³-hybridized carbons (Fsp3) is 0.175. The molecule has 0 unspecified atom stereocenters. The van der Waals surface area contributed by atoms with E-state index in [2.05, 4.69) is 6.58 Å². The molecule has 0 saturated heterocycles. The minimum atomic E-state index is -0.807. The van der Waals surface area contributed by atoms with Crippen LogP contribution in [0.4, 0.5) is 0 Å². The molecule has 50 heavy (non-hydrogen) atoms. The van der Waals surface area contributed by atoms with Crippen molar-refractivity contribution in [1.82, 2.24) is 4.57 Å². The summed E-state index contributed by atoms with van der Waals surface area (Å²) in [6.07, 6.45) is 4.13. The summed E-state index contributed by atoms with van der Waals surface area (Å²) in [5.74, 6) is 0.610. The number of hydrogen-bond acceptors (Lipinski definition) is 7. The predicted molar refractivity (Wildman–Crippen MR) is 200 cm³/mol. The maximum atomic E-state index is 14.4. The van der Waals surface area contributed by atoms with Gasteiger partial charge in [-0.05, 0) is 79.4 Å². The molecule has 4 aromatic carbocycles. The van der Waals surface area contributed by atoms with Crippen LogP contribution in [0.1, 0.15) is 47.7 Å². The van der Waals surface area contributed by atoms with Crippen molar-refractivity contribution in [2.24, 2.45) is 4.99 Å². The quantitative estimate of drug-likeness (QED) is 0.0965. The second-order valence-electron chi connectivity index (χ2n) is 11.3. The molecule has 0 aliphatic carbocycles. The first-order valence-corrected chi connectivity index (χ1v) is 17.7. The van der Waals surface area contributed by atoms with Crippen LogP contribution in [0, 0.1) is 0 Å². The van der Waals surface area contributed by atoms with E-state index in [1.807, 2.05) is 91.9 Å². The summed E-state index contributed by atoms with van der Waals surface area (Å²) >= 11 is 13.6. The molecule has 1 aliphatic rings. The summed E-state index contributed by atoms with van der Waals surface area (Å²) in [4.78, 5) is 33.5. The topological polar surface area (TPSA) is 79.1 Å². The Balaban J connectivity index is 1.52. The van der Waals surface area contributed by atoms with Crippen LogP contribution in [0.25, 0.3) is 11.8 Å². The van der Waals surface area contributed by atoms with Crippen LogP contribution in [0.15, 0.2) is 119 Å². The van der Waals surface area contributed by atoms with Crippen molar-refractivity contribution in [1.29, 1.82) is 0 Å². The molecule has 7 nitrogen and oxygen atoms in total. The number of benzene rings is 4. The van der Waals surface area contributed by atoms with Crippen LogP contribution >= 0.6 is 34.5 Å². The largest absolute Gasteiger partial charge is 0.490 e. The van der Waals surface area contributed by atoms with E-state index in [9.17, 15) is 9.59 Å². The smallest absolute Gasteiger partial charge is 0.338 e. The van der Waals surface area contributed by atoms with Gasteiger partial charge in [0.1, 0.15) is 6.61 Å². The standard InChI is InChI=1S/C40H34Cl2N2O5S/c1-4-10-29-21-26(22-32(47-5-2)37(29)49-24-25-13-17-30(41)18-14-25)23-33-38(45)44-36(28-15-19-31(42)20-16-28)34(39(46)48-6-3)35(43-40(44)50-33)27-11-8-7-9-12-27/h4,7-9,11-23,36H,1,5-6,10,24H2,2-3H3/b33-23+/t36-/m0/s1. The number of rotatable bonds is 12. The number of hydrogen-bond donors (Lipinski definition) is 0. The zero-order valence-electron chi connectivity index (χ0n) is 27.5. The molecule has 0 saturated carbocycles. The second-order valence-corrected chi connectivity index (χ2v) is 13.2. The van der Waals surface area contributed by atoms with Crippen molar-refractivity contribution in [3.8, 4) is 11.5 Å². The second kappa shape index (κ2) is 15.8. The predicted octanol–water partition coefficient (Wildman–Crippen LogP) is 7.95. The van der Waals surface area contributed by atoms with Gasteiger partial charge in [-0.3, -0.25) is 9.36 Å². The van der Waals surface area contributed by atoms with Crippen LogP contribution < -0.4 is 24.4 Å². The van der Waals surface area contributed by atoms with Crippen molar-refractivity contribution in [2.45, 2.75) is 32.9 Å². The number of ether oxygens (including phenoxy) is 3. The molecule has 0 spiro atoms. The van der Waals surface area contributed by atoms with Gasteiger partial charge in [0.15, 0.2) is 16.3 Å². The Kier molecular flexibility index (Phi) is 11.0. The van der Waals surface area contributed by atoms with Crippen molar-refractivity contribution >= 4 is 52.3 Å². The minimum absolute atomic E-state index is 0.163. The number of fused-ring (bicyclic) bond motifs is 1. The Morgan fingerprint density at radius 2 is 1.64 bits per heavy atom. The molecule has 0 amide bonds. The molecule has 0 fully saturated rings. The third-order valence-corrected chi connectivity index (χ3v) is 9.46. The van der Waals surface area contributed by atoms with Gasteiger partial charge >= 0.3 is 5.97 Å². The first-order chi connectivity index (χ1) is 24.3. The van der Waals surface area contributed by atoms with Gasteiger partial charge in [0, 0.05) is 21.2 Å². The number of allylic oxidation sites excluding steroid dienone is 1. The average Bonchev–Trinajstić information content (AvgIpc) is 3.43. The number of nitrogens with zero attached hydrogens (tertiary/aromatic N) is 2. The molecule has 0 N–H and O–H groups in total. The Morgan fingerprint density at radius 3 is 2.30 bits per heavy atom. The highest BCUT2D eigenvalue weighted by atomic mass is 35.5. The average molecular weight is 726 g/mol. The maximum Gasteiger partial charge on any atom is 0.338 e. The Morgan fingerprint density at radius 1 is 0.940 bits per heavy atom. The van der Waals surface area contributed by atoms with Crippen LogP contribution in [0.5, 0.6) is 11.5 Å². The van der Waals surface area contributed by atoms with E-state index in [1.54, 1.807) is 29.7 Å². The van der Waals surface area contributed by atoms with Crippen LogP contribution in [0.3, 0.4) is 0 Å². The molecule has 1 atom stereocenters. The highest BCUT2D eigenvalue weighted by Gasteiger charge is 2.35. The molecule has 2 heterocycles. The number of esters is 1. The Hall–Kier alpha value is -4.89. The maximum absolute atomic E-state index is 14.4. The van der Waals surface area contributed by atoms with E-state index in [1.165, 1.54) is 11.3 Å². The van der Waals surface area contributed by atoms with Gasteiger partial charge in [-0.1, -0.05) is 95.2 Å². The molecule has 254 valence electrons. The van der Waals surface area contributed by atoms with Crippen molar-refractivity contribution in [2.75, 3.05) is 13.2 Å². The van der Waals surface area contributed by atoms with E-state index >= 15 is 0 Å². The first-order valence-electron chi connectivity index (χ1n) is 16.1. The highest BCUT2D eigenvalue weighted by molar-refractivity contribution is 7.07. The summed E-state index contributed by atoms with van der Waals surface area (Å²) in [5, 5.41) is 1.19. The number of aromatic nitrogens is 1. The lowest BCUT2D eigenvalue weighted by molar-refractivity contribution is -0.138. The molecule has 5 aromatic rings. The highest BCUT2D eigenvalue weighted by Crippen LogP contribution is 2.37. The Bertz CT molecular complexity index is 2240. The van der Waals surface area contributed by atoms with Crippen molar-refractivity contribution in [3.05, 3.63) is 167 Å². The number of halogens is 2. The van der Waals surface area contributed by atoms with Gasteiger partial charge in [-0.2, -0.15) is 0 Å². The van der Waals surface area contributed by atoms with Gasteiger partial charge < -0.3 is 14.2 Å². The van der Waals surface area contributed by atoms with Gasteiger partial charge in [0.2, 0.25) is 0 Å². The molecular formula is C40H34Cl2N2O5S. The lowest BCUT2D eigenvalue weighted by Crippen LogP contribution is -2.40. The number of thiazole rings is 1. The third-order valence-electron chi connectivity index (χ3n) is 7.97. The van der Waals surface area contributed by atoms with Crippen LogP contribution in [0.2, 0.25) is 10.0 Å². The SMILES string of the molecule is C=CCc1cc(/C=c2/sc3n(c2=O)[C@@H](c2ccc(Cl)cc2)C(C(=O)OCC)=C(c2ccccc2)N=3)cc(OCC)c1OCc1ccc(Cl)cc1. The first kappa shape index (κ1) is 35.0. The summed E-state index contributed by atoms with van der Waals surface area (Å²) in [7, 11) is 0. The Labute approximate surface area is 304 Å². The lowest BCUT2D eigenvalue weighted by atomic mass is 9.93. The summed E-state index contributed by atoms with van der Waals surface area (Å²) in [5.41, 5.74) is 4.41. The van der Waals surface area contributed by atoms with E-state index in [-0.39, 0.29) is 17.7 Å². The van der Waals surface area contributed by atoms with Gasteiger partial charge in [-0.15, -0.1) is 6.58 Å². The fourth-order valence-corrected chi connectivity index (χ4v) is 7.04. The lowest BCUT2D eigenvalue weighted by Gasteiger charge is -2.26. The summed E-state index contributed by atoms with van der Waals surface area (Å²) in [6, 6.07) is 27.0. The summed E-state index contributed by atoms with van der Waals surface area (Å²) in [6.45, 7) is 8.49. The summed E-state index contributed by atoms with van der Waals surface area (Å²) < 4.78 is 19.9. The monoisotopic (exact) mass is 724 g/mol. The molecule has 10 heteroatoms. The zero-order valence-corrected chi connectivity index (χ0v) is 29.9. The van der Waals surface area contributed by atoms with Gasteiger partial charge in [-0.25, -0.2) is 9.79 Å². The minimum Gasteiger partial charge on any atom is -0.490 e. The third kappa shape index (κ3) is 7.48. The van der Waals surface area contributed by atoms with E-state index < -0.39 is 12.0 Å². The normalized spacial score (nSPS) is 14.2. The number of carbonyl (C=O) groups excluding carboxylic acids is 1. The van der Waals surface area contributed by atoms with Crippen LogP contribution in [-0.2, 0) is 22.6 Å². The molecule has 0 bridgehead atoms. The van der Waals surface area contributed by atoms with Crippen molar-refractivity contribution < 1.29 is 19.0 Å². The van der Waals surface area contributed by atoms with Crippen LogP contribution in [-0.4, -0.2) is 23.8 Å².